The number of guanidine groups is 2. The highest BCUT2D eigenvalue weighted by atomic mass is 35.5. The highest BCUT2D eigenvalue weighted by Crippen LogP contribution is 2.12. The molecule has 0 saturated carbocycles. The van der Waals surface area contributed by atoms with Crippen LogP contribution in [0.2, 0.25) is 5.28 Å². The first-order valence-electron chi connectivity index (χ1n) is 7.99. The minimum absolute atomic E-state index is 0.0103. The van der Waals surface area contributed by atoms with Crippen molar-refractivity contribution < 1.29 is 0 Å². The van der Waals surface area contributed by atoms with Crippen LogP contribution in [0.25, 0.3) is 0 Å². The molecule has 0 radical (unpaired) electrons. The van der Waals surface area contributed by atoms with Crippen molar-refractivity contribution in [3.05, 3.63) is 5.28 Å². The number of halogens is 1. The Morgan fingerprint density at radius 3 is 1.64 bits per heavy atom. The SMILES string of the molecule is CCCC(NC(=N)N)Nc1nc(Cl)nc(NC(CCC)NC(=N)N)n1. The fourth-order valence-corrected chi connectivity index (χ4v) is 2.26. The molecule has 1 aromatic rings. The van der Waals surface area contributed by atoms with Gasteiger partial charge in [0.15, 0.2) is 11.9 Å². The first-order valence-corrected chi connectivity index (χ1v) is 8.37. The minimum atomic E-state index is -0.310. The summed E-state index contributed by atoms with van der Waals surface area (Å²) in [4.78, 5) is 12.3. The normalized spacial score (nSPS) is 12.8. The first-order chi connectivity index (χ1) is 11.8. The fourth-order valence-electron chi connectivity index (χ4n) is 2.10. The lowest BCUT2D eigenvalue weighted by Crippen LogP contribution is -2.44. The highest BCUT2D eigenvalue weighted by Gasteiger charge is 2.14. The fraction of sp³-hybridized carbons (Fsp3) is 0.615. The maximum absolute atomic E-state index is 7.35. The van der Waals surface area contributed by atoms with Crippen molar-refractivity contribution in [1.82, 2.24) is 25.6 Å². The minimum Gasteiger partial charge on any atom is -0.370 e. The second-order valence-electron chi connectivity index (χ2n) is 5.34. The third-order valence-corrected chi connectivity index (χ3v) is 3.20. The van der Waals surface area contributed by atoms with E-state index in [4.69, 9.17) is 33.9 Å². The molecule has 10 N–H and O–H groups in total. The molecule has 1 aromatic heterocycles. The monoisotopic (exact) mass is 371 g/mol. The van der Waals surface area contributed by atoms with Gasteiger partial charge in [0.2, 0.25) is 17.2 Å². The zero-order valence-electron chi connectivity index (χ0n) is 14.4. The van der Waals surface area contributed by atoms with Crippen LogP contribution >= 0.6 is 11.6 Å². The molecule has 1 heterocycles. The predicted molar refractivity (Wildman–Crippen MR) is 99.6 cm³/mol. The Hall–Kier alpha value is -2.56. The zero-order chi connectivity index (χ0) is 18.8. The van der Waals surface area contributed by atoms with Crippen LogP contribution in [-0.4, -0.2) is 39.2 Å². The van der Waals surface area contributed by atoms with Crippen LogP contribution in [0.4, 0.5) is 11.9 Å². The number of nitrogens with two attached hydrogens (primary N) is 2. The van der Waals surface area contributed by atoms with Crippen molar-refractivity contribution >= 4 is 35.4 Å². The second kappa shape index (κ2) is 10.3. The number of rotatable bonds is 10. The molecule has 0 amide bonds. The summed E-state index contributed by atoms with van der Waals surface area (Å²) >= 11 is 5.97. The quantitative estimate of drug-likeness (QED) is 0.165. The molecule has 25 heavy (non-hydrogen) atoms. The van der Waals surface area contributed by atoms with Crippen LogP contribution < -0.4 is 32.7 Å². The molecule has 1 rings (SSSR count). The third kappa shape index (κ3) is 8.20. The molecule has 12 heteroatoms. The van der Waals surface area contributed by atoms with Crippen molar-refractivity contribution in [3.8, 4) is 0 Å². The summed E-state index contributed by atoms with van der Waals surface area (Å²) in [6.45, 7) is 4.01. The van der Waals surface area contributed by atoms with Crippen LogP contribution in [0.5, 0.6) is 0 Å². The largest absolute Gasteiger partial charge is 0.370 e. The number of hydrogen-bond acceptors (Lipinski definition) is 7. The van der Waals surface area contributed by atoms with E-state index in [2.05, 4.69) is 36.2 Å². The molecule has 0 aliphatic rings. The Balaban J connectivity index is 2.89. The van der Waals surface area contributed by atoms with Gasteiger partial charge in [-0.25, -0.2) is 0 Å². The van der Waals surface area contributed by atoms with E-state index in [9.17, 15) is 0 Å². The molecule has 0 aliphatic heterocycles. The van der Waals surface area contributed by atoms with Gasteiger partial charge >= 0.3 is 0 Å². The van der Waals surface area contributed by atoms with Gasteiger partial charge in [0, 0.05) is 0 Å². The lowest BCUT2D eigenvalue weighted by Gasteiger charge is -2.21. The Morgan fingerprint density at radius 2 is 1.32 bits per heavy atom. The predicted octanol–water partition coefficient (Wildman–Crippen LogP) is 0.567. The van der Waals surface area contributed by atoms with E-state index in [1.54, 1.807) is 0 Å². The molecule has 2 atom stereocenters. The summed E-state index contributed by atoms with van der Waals surface area (Å²) in [5, 5.41) is 26.3. The second-order valence-corrected chi connectivity index (χ2v) is 5.68. The van der Waals surface area contributed by atoms with E-state index in [1.807, 2.05) is 13.8 Å². The van der Waals surface area contributed by atoms with Crippen LogP contribution in [0, 0.1) is 10.8 Å². The van der Waals surface area contributed by atoms with Gasteiger partial charge in [0.05, 0.1) is 0 Å². The lowest BCUT2D eigenvalue weighted by molar-refractivity contribution is 0.594. The molecule has 0 saturated heterocycles. The summed E-state index contributed by atoms with van der Waals surface area (Å²) in [5.74, 6) is 0.178. The molecule has 140 valence electrons. The van der Waals surface area contributed by atoms with Crippen LogP contribution in [0.15, 0.2) is 0 Å². The Labute approximate surface area is 151 Å². The Kier molecular flexibility index (Phi) is 8.47. The highest BCUT2D eigenvalue weighted by molar-refractivity contribution is 6.28. The summed E-state index contributed by atoms with van der Waals surface area (Å²) < 4.78 is 0. The summed E-state index contributed by atoms with van der Waals surface area (Å²) in [6, 6.07) is 0. The van der Waals surface area contributed by atoms with E-state index in [1.165, 1.54) is 0 Å². The zero-order valence-corrected chi connectivity index (χ0v) is 15.1. The standard InChI is InChI=1S/C13H26ClN11/c1-3-5-7(19-10(15)16)21-12-23-9(14)24-13(25-12)22-8(6-4-2)20-11(17)18/h7-8H,3-6H2,1-2H3,(H4,15,16,19)(H4,17,18,20)(H2,21,22,23,24,25). The van der Waals surface area contributed by atoms with Gasteiger partial charge in [0.1, 0.15) is 12.3 Å². The Bertz CT molecular complexity index is 533. The maximum Gasteiger partial charge on any atom is 0.230 e. The summed E-state index contributed by atoms with van der Waals surface area (Å²) in [5.41, 5.74) is 10.8. The van der Waals surface area contributed by atoms with Gasteiger partial charge in [0.25, 0.3) is 0 Å². The van der Waals surface area contributed by atoms with Crippen molar-refractivity contribution in [1.29, 1.82) is 10.8 Å². The molecule has 0 fully saturated rings. The van der Waals surface area contributed by atoms with Crippen LogP contribution in [0.3, 0.4) is 0 Å². The molecular weight excluding hydrogens is 346 g/mol. The van der Waals surface area contributed by atoms with E-state index < -0.39 is 0 Å². The van der Waals surface area contributed by atoms with E-state index >= 15 is 0 Å². The smallest absolute Gasteiger partial charge is 0.230 e. The number of aromatic nitrogens is 3. The third-order valence-electron chi connectivity index (χ3n) is 3.03. The average molecular weight is 372 g/mol. The molecule has 0 aliphatic carbocycles. The van der Waals surface area contributed by atoms with Gasteiger partial charge in [-0.05, 0) is 24.4 Å². The summed E-state index contributed by atoms with van der Waals surface area (Å²) in [7, 11) is 0. The molecular formula is C13H26ClN11. The van der Waals surface area contributed by atoms with Gasteiger partial charge in [-0.1, -0.05) is 26.7 Å². The van der Waals surface area contributed by atoms with Gasteiger partial charge in [-0.2, -0.15) is 15.0 Å². The number of nitrogens with one attached hydrogen (secondary N) is 6. The van der Waals surface area contributed by atoms with Crippen molar-refractivity contribution in [3.63, 3.8) is 0 Å². The topological polar surface area (TPSA) is 187 Å². The number of hydrogen-bond donors (Lipinski definition) is 8. The van der Waals surface area contributed by atoms with E-state index in [0.29, 0.717) is 12.8 Å². The maximum atomic E-state index is 7.35. The van der Waals surface area contributed by atoms with Gasteiger partial charge in [-0.15, -0.1) is 0 Å². The van der Waals surface area contributed by atoms with Gasteiger partial charge < -0.3 is 32.7 Å². The first kappa shape index (κ1) is 20.5. The number of anilines is 2. The van der Waals surface area contributed by atoms with Crippen molar-refractivity contribution in [2.75, 3.05) is 10.6 Å². The molecule has 0 bridgehead atoms. The summed E-state index contributed by atoms with van der Waals surface area (Å²) in [6.07, 6.45) is 2.52. The van der Waals surface area contributed by atoms with Crippen molar-refractivity contribution in [2.24, 2.45) is 11.5 Å². The lowest BCUT2D eigenvalue weighted by atomic mass is 10.3. The molecule has 11 nitrogen and oxygen atoms in total. The Morgan fingerprint density at radius 1 is 0.920 bits per heavy atom. The molecule has 2 unspecified atom stereocenters. The number of nitrogens with zero attached hydrogens (tertiary/aromatic N) is 3. The molecule has 0 spiro atoms. The van der Waals surface area contributed by atoms with Crippen LogP contribution in [0.1, 0.15) is 39.5 Å². The average Bonchev–Trinajstić information content (AvgIpc) is 2.45. The van der Waals surface area contributed by atoms with E-state index in [-0.39, 0.29) is 41.4 Å². The van der Waals surface area contributed by atoms with Gasteiger partial charge in [-0.3, -0.25) is 10.8 Å². The van der Waals surface area contributed by atoms with Crippen molar-refractivity contribution in [2.45, 2.75) is 51.9 Å². The molecule has 0 aromatic carbocycles. The van der Waals surface area contributed by atoms with Crippen LogP contribution in [-0.2, 0) is 0 Å². The van der Waals surface area contributed by atoms with E-state index in [0.717, 1.165) is 12.8 Å².